The van der Waals surface area contributed by atoms with Crippen molar-refractivity contribution in [3.05, 3.63) is 386 Å². The molecule has 3 unspecified atom stereocenters. The second-order valence-corrected chi connectivity index (χ2v) is 37.6. The van der Waals surface area contributed by atoms with Crippen LogP contribution in [0.3, 0.4) is 0 Å². The van der Waals surface area contributed by atoms with Crippen LogP contribution in [0.25, 0.3) is 33.8 Å². The Bertz CT molecular complexity index is 7590. The minimum absolute atomic E-state index is 0.0417. The third-order valence-electron chi connectivity index (χ3n) is 21.5. The number of nitrogens with zero attached hydrogens (tertiary/aromatic N) is 16. The molecule has 8 N–H and O–H groups in total. The molecule has 143 heavy (non-hydrogen) atoms. The molecule has 0 fully saturated rings. The van der Waals surface area contributed by atoms with Crippen LogP contribution in [-0.4, -0.2) is 116 Å². The first kappa shape index (κ1) is 102. The summed E-state index contributed by atoms with van der Waals surface area (Å²) >= 11 is 14.2. The highest BCUT2D eigenvalue weighted by molar-refractivity contribution is 7.13. The SMILES string of the molecule is CC1(C#Cc2cncs2)OC(=O)Cc2ccc(Cl)cc21.COC(=O)c1nc(NC(=O)c2cncs2)c2cc(Cc3ccc(F)cc3)cnc2c1O.Cc1cc(/C=C/C#N)cc(C)c1Nc1nc(Cc2ccc(C#N)cc2)ncc1C(O)c1cncs1.Cc1cc(/C=C/C#N)cc(C)c1Nc1nc(Cc2ccc(C#N)cc2)ncc1C(O)c1cncs1.O=C(CCc1cncs1)c1nc(-c2cccs2)[nH]c(=O)c1O. The number of rotatable bonds is 24. The number of methoxy groups -OCH3 is 1. The predicted molar refractivity (Wildman–Crippen MR) is 546 cm³/mol. The second-order valence-electron chi connectivity index (χ2n) is 31.6. The molecule has 12 heterocycles. The number of benzene rings is 6. The van der Waals surface area contributed by atoms with E-state index in [4.69, 9.17) is 47.4 Å². The van der Waals surface area contributed by atoms with E-state index in [1.165, 1.54) is 98.9 Å². The van der Waals surface area contributed by atoms with Crippen molar-refractivity contribution in [1.29, 1.82) is 21.0 Å². The number of H-pyrrole nitrogens is 1. The topological polar surface area (TPSA) is 486 Å². The first-order valence-electron chi connectivity index (χ1n) is 43.1. The Balaban J connectivity index is 0.000000144. The Morgan fingerprint density at radius 3 is 1.65 bits per heavy atom. The zero-order valence-electron chi connectivity index (χ0n) is 76.5. The van der Waals surface area contributed by atoms with Crippen molar-refractivity contribution < 1.29 is 53.5 Å². The number of aryl methyl sites for hydroxylation is 5. The molecule has 0 saturated carbocycles. The van der Waals surface area contributed by atoms with Gasteiger partial charge in [0.05, 0.1) is 108 Å². The molecule has 17 aromatic rings. The molecule has 0 bridgehead atoms. The number of aliphatic hydroxyl groups excluding tert-OH is 2. The molecule has 18 rings (SSSR count). The lowest BCUT2D eigenvalue weighted by atomic mass is 9.88. The van der Waals surface area contributed by atoms with Gasteiger partial charge in [0.2, 0.25) is 5.75 Å². The van der Waals surface area contributed by atoms with Gasteiger partial charge in [0, 0.05) is 112 Å². The number of hydrogen-bond acceptors (Lipinski definition) is 35. The Labute approximate surface area is 846 Å². The van der Waals surface area contributed by atoms with E-state index < -0.39 is 46.7 Å². The van der Waals surface area contributed by atoms with E-state index in [1.54, 1.807) is 133 Å². The molecule has 3 atom stereocenters. The quantitative estimate of drug-likeness (QED) is 0.0121. The van der Waals surface area contributed by atoms with Gasteiger partial charge in [0.25, 0.3) is 11.5 Å². The maximum absolute atomic E-state index is 13.2. The zero-order valence-corrected chi connectivity index (χ0v) is 82.2. The second kappa shape index (κ2) is 48.2. The summed E-state index contributed by atoms with van der Waals surface area (Å²) in [5, 5.41) is 90.4. The molecule has 1 amide bonds. The van der Waals surface area contributed by atoms with E-state index >= 15 is 0 Å². The van der Waals surface area contributed by atoms with Crippen molar-refractivity contribution in [2.75, 3.05) is 23.1 Å². The number of carbonyl (C=O) groups excluding carboxylic acids is 4. The first-order valence-corrected chi connectivity index (χ1v) is 48.8. The number of anilines is 5. The van der Waals surface area contributed by atoms with Crippen molar-refractivity contribution >= 4 is 155 Å². The fourth-order valence-electron chi connectivity index (χ4n) is 14.6. The van der Waals surface area contributed by atoms with Gasteiger partial charge in [-0.3, -0.25) is 49.1 Å². The molecule has 1 aliphatic rings. The van der Waals surface area contributed by atoms with Crippen LogP contribution in [0, 0.1) is 90.7 Å². The summed E-state index contributed by atoms with van der Waals surface area (Å²) in [6, 6.07) is 47.6. The van der Waals surface area contributed by atoms with E-state index in [9.17, 15) is 48.8 Å². The number of pyridine rings is 2. The number of thiophene rings is 1. The average molecular weight is 2030 g/mol. The van der Waals surface area contributed by atoms with E-state index in [2.05, 4.69) is 99.5 Å². The first-order chi connectivity index (χ1) is 69.1. The van der Waals surface area contributed by atoms with E-state index in [0.29, 0.717) is 102 Å². The van der Waals surface area contributed by atoms with Crippen molar-refractivity contribution in [2.24, 2.45) is 0 Å². The van der Waals surface area contributed by atoms with Crippen LogP contribution >= 0.6 is 79.6 Å². The maximum atomic E-state index is 13.2. The van der Waals surface area contributed by atoms with Crippen LogP contribution < -0.4 is 21.5 Å². The number of hydrogen-bond donors (Lipinski definition) is 8. The van der Waals surface area contributed by atoms with Crippen molar-refractivity contribution in [2.45, 2.75) is 91.0 Å². The molecule has 1 aliphatic heterocycles. The lowest BCUT2D eigenvalue weighted by Gasteiger charge is -2.31. The molecular formula is C104H80ClFN20O11S6. The molecule has 712 valence electrons. The largest absolute Gasteiger partial charge is 0.504 e. The number of aromatic amines is 1. The molecule has 0 aliphatic carbocycles. The number of halogens is 2. The third kappa shape index (κ3) is 26.6. The number of fused-ring (bicyclic) bond motifs is 2. The smallest absolute Gasteiger partial charge is 0.360 e. The molecule has 0 radical (unpaired) electrons. The highest BCUT2D eigenvalue weighted by Crippen LogP contribution is 2.40. The number of aromatic hydroxyl groups is 2. The van der Waals surface area contributed by atoms with Gasteiger partial charge in [-0.1, -0.05) is 60.1 Å². The fraction of sp³-hybridized carbons (Fsp3) is 0.144. The normalized spacial score (nSPS) is 12.6. The molecule has 39 heteroatoms. The average Bonchev–Trinajstić information content (AvgIpc) is 1.45. The van der Waals surface area contributed by atoms with Crippen molar-refractivity contribution in [3.63, 3.8) is 0 Å². The van der Waals surface area contributed by atoms with Gasteiger partial charge in [0.15, 0.2) is 34.3 Å². The fourth-order valence-corrected chi connectivity index (χ4v) is 18.2. The van der Waals surface area contributed by atoms with Crippen molar-refractivity contribution in [1.82, 2.24) is 64.8 Å². The number of nitrogens with one attached hydrogen (secondary N) is 4. The highest BCUT2D eigenvalue weighted by Gasteiger charge is 2.37. The molecule has 0 spiro atoms. The number of esters is 2. The summed E-state index contributed by atoms with van der Waals surface area (Å²) in [5.74, 6) is 5.15. The summed E-state index contributed by atoms with van der Waals surface area (Å²) in [4.78, 5) is 118. The van der Waals surface area contributed by atoms with Crippen LogP contribution in [0.15, 0.2) is 233 Å². The lowest BCUT2D eigenvalue weighted by Crippen LogP contribution is -2.34. The summed E-state index contributed by atoms with van der Waals surface area (Å²) in [5.41, 5.74) is 21.2. The lowest BCUT2D eigenvalue weighted by molar-refractivity contribution is -0.155. The Morgan fingerprint density at radius 1 is 0.594 bits per heavy atom. The third-order valence-corrected chi connectivity index (χ3v) is 26.6. The maximum Gasteiger partial charge on any atom is 0.360 e. The molecule has 31 nitrogen and oxygen atoms in total. The number of cyclic esters (lactones) is 1. The Kier molecular flexibility index (Phi) is 34.4. The van der Waals surface area contributed by atoms with Gasteiger partial charge in [-0.25, -0.2) is 39.1 Å². The van der Waals surface area contributed by atoms with Gasteiger partial charge < -0.3 is 50.8 Å². The zero-order chi connectivity index (χ0) is 101. The molecule has 0 saturated heterocycles. The summed E-state index contributed by atoms with van der Waals surface area (Å²) in [6.07, 6.45) is 19.8. The number of amides is 1. The molecule has 6 aromatic carbocycles. The van der Waals surface area contributed by atoms with Gasteiger partial charge >= 0.3 is 11.9 Å². The van der Waals surface area contributed by atoms with E-state index in [-0.39, 0.29) is 53.1 Å². The van der Waals surface area contributed by atoms with Gasteiger partial charge in [0.1, 0.15) is 57.5 Å². The van der Waals surface area contributed by atoms with E-state index in [1.807, 2.05) is 112 Å². The minimum atomic E-state index is -0.973. The predicted octanol–water partition coefficient (Wildman–Crippen LogP) is 19.9. The highest BCUT2D eigenvalue weighted by atomic mass is 35.5. The monoisotopic (exact) mass is 2030 g/mol. The van der Waals surface area contributed by atoms with Crippen LogP contribution in [0.4, 0.5) is 33.2 Å². The van der Waals surface area contributed by atoms with Gasteiger partial charge in [-0.05, 0) is 223 Å². The number of thiazole rings is 5. The van der Waals surface area contributed by atoms with Crippen LogP contribution in [0.2, 0.25) is 5.02 Å². The number of ketones is 1. The van der Waals surface area contributed by atoms with Crippen LogP contribution in [-0.2, 0) is 52.0 Å². The summed E-state index contributed by atoms with van der Waals surface area (Å²) < 4.78 is 23.3. The van der Waals surface area contributed by atoms with Crippen LogP contribution in [0.1, 0.15) is 176 Å². The van der Waals surface area contributed by atoms with E-state index in [0.717, 1.165) is 111 Å². The number of Topliss-reactive ketones (excluding diaryl/α,β-unsaturated/α-hetero) is 1. The number of ether oxygens (including phenoxy) is 2. The number of carbonyl (C=O) groups is 4. The standard InChI is InChI=1S/2C27H22N6OS.C21H15FN4O4S.C15H10ClNO2S.C14H11N3O3S2/c2*1-17-10-21(4-3-9-28)11-18(2)25(17)33-27-22(26(34)23-15-30-16-35-23)14-31-24(32-27)12-19-5-7-20(13-29)8-6-19;1-30-21(29)17-18(27)16-14(19(25-17)26-20(28)15-9-23-10-31-15)7-12(8-24-16)6-11-2-4-13(22)5-3-11;1-15(5-4-12-8-17-9-20-12)13-7-11(16)3-2-10(13)6-14(18)19-15;18-9(4-3-8-6-15-7-22-8)11-12(19)14(20)17-13(16-11)10-2-1-5-21-10/h2*3-8,10-11,14-16,26,34H,12H2,1-2H3,(H,31,32,33);2-5,7-10,27H,6H2,1H3,(H,25,26,28);2-3,7-9H,6H2,1H3;1-2,5-7,19H,3-4H2,(H,16,17,20)/b2*4-3+;;;. The number of allylic oxidation sites excluding steroid dienone is 2. The Morgan fingerprint density at radius 2 is 1.14 bits per heavy atom. The number of aromatic nitrogens is 13. The molecular weight excluding hydrogens is 1950 g/mol. The minimum Gasteiger partial charge on any atom is -0.504 e. The number of nitriles is 4. The van der Waals surface area contributed by atoms with Crippen LogP contribution in [0.5, 0.6) is 11.5 Å². The Hall–Kier alpha value is -16.8. The summed E-state index contributed by atoms with van der Waals surface area (Å²) in [6.45, 7) is 9.72. The van der Waals surface area contributed by atoms with Crippen molar-refractivity contribution in [3.8, 4) is 58.3 Å². The van der Waals surface area contributed by atoms with Gasteiger partial charge in [-0.2, -0.15) is 21.0 Å². The molecule has 11 aromatic heterocycles. The number of aliphatic hydroxyl groups is 2. The summed E-state index contributed by atoms with van der Waals surface area (Å²) in [7, 11) is 1.16. The van der Waals surface area contributed by atoms with Gasteiger partial charge in [-0.15, -0.1) is 68.0 Å².